The molecule has 1 saturated heterocycles. The van der Waals surface area contributed by atoms with Gasteiger partial charge in [-0.25, -0.2) is 0 Å². The zero-order chi connectivity index (χ0) is 10.7. The van der Waals surface area contributed by atoms with E-state index < -0.39 is 5.54 Å². The van der Waals surface area contributed by atoms with Gasteiger partial charge in [0.25, 0.3) is 0 Å². The van der Waals surface area contributed by atoms with Crippen LogP contribution in [0, 0.1) is 11.3 Å². The van der Waals surface area contributed by atoms with E-state index in [0.717, 1.165) is 19.5 Å². The average molecular weight is 202 g/mol. The average Bonchev–Trinajstić information content (AvgIpc) is 2.63. The standard InChI is InChI=1S/C11H14N4/c12-8-11(13)3-5-15(9-11)7-10-2-1-4-14-6-10/h1-2,4,6H,3,5,7,9,13H2. The van der Waals surface area contributed by atoms with Crippen molar-refractivity contribution in [1.82, 2.24) is 9.88 Å². The molecule has 1 aromatic heterocycles. The summed E-state index contributed by atoms with van der Waals surface area (Å²) in [5, 5.41) is 8.90. The van der Waals surface area contributed by atoms with Crippen LogP contribution in [-0.2, 0) is 6.54 Å². The Morgan fingerprint density at radius 3 is 3.13 bits per heavy atom. The first-order chi connectivity index (χ1) is 7.22. The van der Waals surface area contributed by atoms with Crippen LogP contribution < -0.4 is 5.73 Å². The fraction of sp³-hybridized carbons (Fsp3) is 0.455. The Morgan fingerprint density at radius 2 is 2.53 bits per heavy atom. The number of hydrogen-bond acceptors (Lipinski definition) is 4. The lowest BCUT2D eigenvalue weighted by molar-refractivity contribution is 0.318. The molecule has 1 aliphatic rings. The largest absolute Gasteiger partial charge is 0.312 e. The minimum Gasteiger partial charge on any atom is -0.312 e. The molecule has 1 aliphatic heterocycles. The third-order valence-electron chi connectivity index (χ3n) is 2.73. The lowest BCUT2D eigenvalue weighted by Gasteiger charge is -2.17. The van der Waals surface area contributed by atoms with Crippen molar-refractivity contribution in [3.05, 3.63) is 30.1 Å². The highest BCUT2D eigenvalue weighted by molar-refractivity contribution is 5.13. The van der Waals surface area contributed by atoms with Crippen LogP contribution in [0.1, 0.15) is 12.0 Å². The lowest BCUT2D eigenvalue weighted by atomic mass is 10.0. The molecule has 2 heterocycles. The van der Waals surface area contributed by atoms with Gasteiger partial charge in [0.1, 0.15) is 5.54 Å². The molecular formula is C11H14N4. The molecular weight excluding hydrogens is 188 g/mol. The summed E-state index contributed by atoms with van der Waals surface area (Å²) in [6, 6.07) is 6.14. The summed E-state index contributed by atoms with van der Waals surface area (Å²) < 4.78 is 0. The topological polar surface area (TPSA) is 65.9 Å². The second-order valence-electron chi connectivity index (χ2n) is 4.09. The molecule has 0 aliphatic carbocycles. The maximum Gasteiger partial charge on any atom is 0.118 e. The molecule has 0 saturated carbocycles. The summed E-state index contributed by atoms with van der Waals surface area (Å²) in [5.41, 5.74) is 6.40. The van der Waals surface area contributed by atoms with E-state index in [1.165, 1.54) is 5.56 Å². The van der Waals surface area contributed by atoms with E-state index in [-0.39, 0.29) is 0 Å². The normalized spacial score (nSPS) is 26.4. The molecule has 4 nitrogen and oxygen atoms in total. The maximum atomic E-state index is 8.90. The zero-order valence-electron chi connectivity index (χ0n) is 8.56. The van der Waals surface area contributed by atoms with Crippen LogP contribution in [0.2, 0.25) is 0 Å². The number of rotatable bonds is 2. The van der Waals surface area contributed by atoms with Gasteiger partial charge in [-0.2, -0.15) is 5.26 Å². The molecule has 2 rings (SSSR count). The van der Waals surface area contributed by atoms with Gasteiger partial charge in [-0.3, -0.25) is 9.88 Å². The van der Waals surface area contributed by atoms with Crippen molar-refractivity contribution in [3.8, 4) is 6.07 Å². The van der Waals surface area contributed by atoms with Crippen LogP contribution in [0.3, 0.4) is 0 Å². The Morgan fingerprint density at radius 1 is 1.67 bits per heavy atom. The number of aromatic nitrogens is 1. The van der Waals surface area contributed by atoms with Gasteiger partial charge in [0.15, 0.2) is 0 Å². The predicted octanol–water partition coefficient (Wildman–Crippen LogP) is 0.508. The van der Waals surface area contributed by atoms with Crippen LogP contribution in [0.25, 0.3) is 0 Å². The van der Waals surface area contributed by atoms with Gasteiger partial charge in [0.05, 0.1) is 6.07 Å². The number of pyridine rings is 1. The number of nitrogens with two attached hydrogens (primary N) is 1. The van der Waals surface area contributed by atoms with E-state index in [4.69, 9.17) is 11.0 Å². The molecule has 1 atom stereocenters. The SMILES string of the molecule is N#CC1(N)CCN(Cc2cccnc2)C1. The summed E-state index contributed by atoms with van der Waals surface area (Å²) in [6.07, 6.45) is 4.36. The first-order valence-corrected chi connectivity index (χ1v) is 5.03. The van der Waals surface area contributed by atoms with E-state index in [1.54, 1.807) is 6.20 Å². The monoisotopic (exact) mass is 202 g/mol. The Hall–Kier alpha value is -1.44. The zero-order valence-corrected chi connectivity index (χ0v) is 8.56. The Kier molecular flexibility index (Phi) is 2.67. The molecule has 1 unspecified atom stereocenters. The number of nitrogens with zero attached hydrogens (tertiary/aromatic N) is 3. The number of likely N-dealkylation sites (tertiary alicyclic amines) is 1. The van der Waals surface area contributed by atoms with Crippen molar-refractivity contribution in [2.24, 2.45) is 5.73 Å². The van der Waals surface area contributed by atoms with E-state index in [1.807, 2.05) is 18.3 Å². The minimum atomic E-state index is -0.651. The molecule has 0 bridgehead atoms. The maximum absolute atomic E-state index is 8.90. The van der Waals surface area contributed by atoms with E-state index in [0.29, 0.717) is 6.54 Å². The van der Waals surface area contributed by atoms with Gasteiger partial charge in [-0.1, -0.05) is 6.07 Å². The molecule has 0 amide bonds. The van der Waals surface area contributed by atoms with Crippen LogP contribution >= 0.6 is 0 Å². The van der Waals surface area contributed by atoms with Gasteiger partial charge in [-0.05, 0) is 18.1 Å². The molecule has 0 aromatic carbocycles. The van der Waals surface area contributed by atoms with E-state index in [2.05, 4.69) is 16.0 Å². The highest BCUT2D eigenvalue weighted by Crippen LogP contribution is 2.19. The molecule has 4 heteroatoms. The second kappa shape index (κ2) is 3.97. The third kappa shape index (κ3) is 2.32. The molecule has 0 spiro atoms. The van der Waals surface area contributed by atoms with E-state index in [9.17, 15) is 0 Å². The van der Waals surface area contributed by atoms with Gasteiger partial charge in [0, 0.05) is 32.0 Å². The van der Waals surface area contributed by atoms with Crippen LogP contribution in [0.5, 0.6) is 0 Å². The second-order valence-corrected chi connectivity index (χ2v) is 4.09. The molecule has 2 N–H and O–H groups in total. The van der Waals surface area contributed by atoms with Crippen molar-refractivity contribution in [1.29, 1.82) is 5.26 Å². The Balaban J connectivity index is 1.97. The molecule has 1 aromatic rings. The highest BCUT2D eigenvalue weighted by Gasteiger charge is 2.34. The smallest absolute Gasteiger partial charge is 0.118 e. The van der Waals surface area contributed by atoms with Crippen molar-refractivity contribution in [2.75, 3.05) is 13.1 Å². The van der Waals surface area contributed by atoms with Crippen molar-refractivity contribution in [3.63, 3.8) is 0 Å². The van der Waals surface area contributed by atoms with Gasteiger partial charge in [0.2, 0.25) is 0 Å². The van der Waals surface area contributed by atoms with Crippen LogP contribution in [0.4, 0.5) is 0 Å². The van der Waals surface area contributed by atoms with E-state index >= 15 is 0 Å². The van der Waals surface area contributed by atoms with Crippen molar-refractivity contribution in [2.45, 2.75) is 18.5 Å². The Labute approximate surface area is 89.3 Å². The first kappa shape index (κ1) is 10.1. The fourth-order valence-corrected chi connectivity index (χ4v) is 1.89. The van der Waals surface area contributed by atoms with Crippen molar-refractivity contribution >= 4 is 0 Å². The van der Waals surface area contributed by atoms with Crippen molar-refractivity contribution < 1.29 is 0 Å². The first-order valence-electron chi connectivity index (χ1n) is 5.03. The van der Waals surface area contributed by atoms with Crippen LogP contribution in [0.15, 0.2) is 24.5 Å². The van der Waals surface area contributed by atoms with Gasteiger partial charge < -0.3 is 5.73 Å². The lowest BCUT2D eigenvalue weighted by Crippen LogP contribution is -2.40. The molecule has 15 heavy (non-hydrogen) atoms. The number of nitriles is 1. The van der Waals surface area contributed by atoms with Crippen LogP contribution in [-0.4, -0.2) is 28.5 Å². The summed E-state index contributed by atoms with van der Waals surface area (Å²) >= 11 is 0. The highest BCUT2D eigenvalue weighted by atomic mass is 15.2. The Bertz CT molecular complexity index is 370. The third-order valence-corrected chi connectivity index (χ3v) is 2.73. The summed E-state index contributed by atoms with van der Waals surface area (Å²) in [7, 11) is 0. The van der Waals surface area contributed by atoms with Gasteiger partial charge >= 0.3 is 0 Å². The minimum absolute atomic E-state index is 0.651. The van der Waals surface area contributed by atoms with Gasteiger partial charge in [-0.15, -0.1) is 0 Å². The molecule has 78 valence electrons. The molecule has 0 radical (unpaired) electrons. The molecule has 1 fully saturated rings. The quantitative estimate of drug-likeness (QED) is 0.758. The summed E-state index contributed by atoms with van der Waals surface area (Å²) in [6.45, 7) is 2.37. The predicted molar refractivity (Wildman–Crippen MR) is 56.7 cm³/mol. The fourth-order valence-electron chi connectivity index (χ4n) is 1.89. The number of hydrogen-bond donors (Lipinski definition) is 1. The summed E-state index contributed by atoms with van der Waals surface area (Å²) in [4.78, 5) is 6.25. The summed E-state index contributed by atoms with van der Waals surface area (Å²) in [5.74, 6) is 0.